The lowest BCUT2D eigenvalue weighted by Crippen LogP contribution is -2.37. The number of hydrogen-bond acceptors (Lipinski definition) is 4. The molecule has 2 aromatic rings. The molecule has 1 fully saturated rings. The van der Waals surface area contributed by atoms with Gasteiger partial charge < -0.3 is 5.11 Å². The smallest absolute Gasteiger partial charge is 0.246 e. The average molecular weight is 359 g/mol. The van der Waals surface area contributed by atoms with Gasteiger partial charge in [-0.2, -0.15) is 4.31 Å². The zero-order valence-electron chi connectivity index (χ0n) is 14.1. The van der Waals surface area contributed by atoms with Crippen molar-refractivity contribution in [1.82, 2.24) is 4.31 Å². The lowest BCUT2D eigenvalue weighted by molar-refractivity contribution is 0.103. The van der Waals surface area contributed by atoms with E-state index in [4.69, 9.17) is 0 Å². The van der Waals surface area contributed by atoms with Crippen molar-refractivity contribution in [2.45, 2.75) is 24.7 Å². The molecular formula is C19H21NO4S. The van der Waals surface area contributed by atoms with Crippen molar-refractivity contribution in [2.75, 3.05) is 13.1 Å². The molecule has 0 bridgehead atoms. The fourth-order valence-electron chi connectivity index (χ4n) is 2.98. The fourth-order valence-corrected chi connectivity index (χ4v) is 4.56. The molecule has 1 saturated heterocycles. The number of aromatic hydroxyl groups is 1. The minimum absolute atomic E-state index is 0.205. The molecule has 2 aromatic carbocycles. The maximum atomic E-state index is 12.9. The van der Waals surface area contributed by atoms with Crippen molar-refractivity contribution in [2.24, 2.45) is 5.92 Å². The number of carbonyl (C=O) groups is 1. The Bertz CT molecular complexity index is 870. The number of phenols is 1. The largest absolute Gasteiger partial charge is 0.507 e. The van der Waals surface area contributed by atoms with Crippen LogP contribution in [0.5, 0.6) is 5.75 Å². The lowest BCUT2D eigenvalue weighted by atomic mass is 10.0. The zero-order valence-corrected chi connectivity index (χ0v) is 14.9. The minimum atomic E-state index is -3.82. The van der Waals surface area contributed by atoms with Crippen LogP contribution in [0, 0.1) is 5.92 Å². The van der Waals surface area contributed by atoms with Crippen molar-refractivity contribution in [3.05, 3.63) is 59.7 Å². The summed E-state index contributed by atoms with van der Waals surface area (Å²) in [5, 5.41) is 10.1. The van der Waals surface area contributed by atoms with E-state index in [2.05, 4.69) is 6.92 Å². The van der Waals surface area contributed by atoms with Crippen molar-refractivity contribution >= 4 is 15.8 Å². The molecule has 0 aliphatic carbocycles. The Morgan fingerprint density at radius 1 is 1.04 bits per heavy atom. The van der Waals surface area contributed by atoms with Crippen molar-refractivity contribution in [3.63, 3.8) is 0 Å². The highest BCUT2D eigenvalue weighted by molar-refractivity contribution is 7.89. The lowest BCUT2D eigenvalue weighted by Gasteiger charge is -2.29. The van der Waals surface area contributed by atoms with Crippen molar-refractivity contribution in [3.8, 4) is 5.75 Å². The third-order valence-electron chi connectivity index (χ3n) is 4.62. The molecule has 5 nitrogen and oxygen atoms in total. The van der Waals surface area contributed by atoms with Gasteiger partial charge in [0.25, 0.3) is 0 Å². The average Bonchev–Trinajstić information content (AvgIpc) is 2.62. The molecule has 1 aliphatic rings. The first-order chi connectivity index (χ1) is 11.9. The van der Waals surface area contributed by atoms with Gasteiger partial charge in [0.1, 0.15) is 10.6 Å². The van der Waals surface area contributed by atoms with Gasteiger partial charge in [-0.3, -0.25) is 4.79 Å². The molecule has 0 amide bonds. The van der Waals surface area contributed by atoms with E-state index in [9.17, 15) is 18.3 Å². The van der Waals surface area contributed by atoms with E-state index in [0.717, 1.165) is 12.8 Å². The molecule has 3 rings (SSSR count). The number of sulfonamides is 1. The van der Waals surface area contributed by atoms with Gasteiger partial charge in [-0.1, -0.05) is 37.3 Å². The third kappa shape index (κ3) is 3.60. The first-order valence-electron chi connectivity index (χ1n) is 8.32. The third-order valence-corrected chi connectivity index (χ3v) is 6.55. The number of phenolic OH excluding ortho intramolecular Hbond substituents is 1. The van der Waals surface area contributed by atoms with Crippen LogP contribution in [0.1, 0.15) is 35.7 Å². The summed E-state index contributed by atoms with van der Waals surface area (Å²) < 4.78 is 27.1. The highest BCUT2D eigenvalue weighted by Gasteiger charge is 2.30. The second-order valence-electron chi connectivity index (χ2n) is 6.46. The summed E-state index contributed by atoms with van der Waals surface area (Å²) >= 11 is 0. The molecular weight excluding hydrogens is 338 g/mol. The standard InChI is InChI=1S/C19H21NO4S/c1-14-9-11-20(12-10-14)25(23,24)18-13-16(7-8-17(18)21)19(22)15-5-3-2-4-6-15/h2-8,13-14,21H,9-12H2,1H3. The second-order valence-corrected chi connectivity index (χ2v) is 8.37. The first-order valence-corrected chi connectivity index (χ1v) is 9.76. The van der Waals surface area contributed by atoms with Crippen molar-refractivity contribution in [1.29, 1.82) is 0 Å². The van der Waals surface area contributed by atoms with Crippen LogP contribution in [-0.2, 0) is 10.0 Å². The molecule has 1 heterocycles. The normalized spacial score (nSPS) is 16.7. The molecule has 0 spiro atoms. The molecule has 1 N–H and O–H groups in total. The molecule has 0 atom stereocenters. The SMILES string of the molecule is CC1CCN(S(=O)(=O)c2cc(C(=O)c3ccccc3)ccc2O)CC1. The Balaban J connectivity index is 1.96. The molecule has 6 heteroatoms. The summed E-state index contributed by atoms with van der Waals surface area (Å²) in [5.41, 5.74) is 0.719. The van der Waals surface area contributed by atoms with E-state index in [1.165, 1.54) is 22.5 Å². The maximum Gasteiger partial charge on any atom is 0.246 e. The molecule has 1 aliphatic heterocycles. The number of hydrogen-bond donors (Lipinski definition) is 1. The van der Waals surface area contributed by atoms with E-state index in [-0.39, 0.29) is 22.0 Å². The predicted octanol–water partition coefficient (Wildman–Crippen LogP) is 3.04. The summed E-state index contributed by atoms with van der Waals surface area (Å²) in [6.07, 6.45) is 1.59. The highest BCUT2D eigenvalue weighted by atomic mass is 32.2. The molecule has 132 valence electrons. The number of nitrogens with zero attached hydrogens (tertiary/aromatic N) is 1. The van der Waals surface area contributed by atoms with Crippen LogP contribution in [-0.4, -0.2) is 36.7 Å². The minimum Gasteiger partial charge on any atom is -0.507 e. The van der Waals surface area contributed by atoms with Crippen LogP contribution in [0.15, 0.2) is 53.4 Å². The summed E-state index contributed by atoms with van der Waals surface area (Å²) in [6, 6.07) is 12.7. The van der Waals surface area contributed by atoms with Crippen LogP contribution in [0.3, 0.4) is 0 Å². The zero-order chi connectivity index (χ0) is 18.0. The van der Waals surface area contributed by atoms with Gasteiger partial charge in [-0.05, 0) is 37.0 Å². The number of rotatable bonds is 4. The Morgan fingerprint density at radius 2 is 1.68 bits per heavy atom. The summed E-state index contributed by atoms with van der Waals surface area (Å²) in [5.74, 6) is -0.112. The van der Waals surface area contributed by atoms with Crippen LogP contribution in [0.4, 0.5) is 0 Å². The van der Waals surface area contributed by atoms with E-state index in [1.807, 2.05) is 0 Å². The number of piperidine rings is 1. The number of ketones is 1. The molecule has 0 unspecified atom stereocenters. The Hall–Kier alpha value is -2.18. The molecule has 0 radical (unpaired) electrons. The topological polar surface area (TPSA) is 74.7 Å². The Labute approximate surface area is 148 Å². The Kier molecular flexibility index (Phi) is 4.92. The van der Waals surface area contributed by atoms with Gasteiger partial charge in [0.15, 0.2) is 5.78 Å². The van der Waals surface area contributed by atoms with Crippen molar-refractivity contribution < 1.29 is 18.3 Å². The number of carbonyl (C=O) groups excluding carboxylic acids is 1. The fraction of sp³-hybridized carbons (Fsp3) is 0.316. The van der Waals surface area contributed by atoms with Gasteiger partial charge in [0, 0.05) is 24.2 Å². The van der Waals surface area contributed by atoms with Gasteiger partial charge in [-0.25, -0.2) is 8.42 Å². The monoisotopic (exact) mass is 359 g/mol. The maximum absolute atomic E-state index is 12.9. The van der Waals surface area contributed by atoms with Crippen LogP contribution >= 0.6 is 0 Å². The highest BCUT2D eigenvalue weighted by Crippen LogP contribution is 2.30. The van der Waals surface area contributed by atoms with Gasteiger partial charge in [-0.15, -0.1) is 0 Å². The van der Waals surface area contributed by atoms with E-state index in [0.29, 0.717) is 24.6 Å². The van der Waals surface area contributed by atoms with Crippen LogP contribution < -0.4 is 0 Å². The van der Waals surface area contributed by atoms with Gasteiger partial charge in [0.2, 0.25) is 10.0 Å². The quantitative estimate of drug-likeness (QED) is 0.852. The molecule has 25 heavy (non-hydrogen) atoms. The number of benzene rings is 2. The second kappa shape index (κ2) is 6.98. The molecule has 0 aromatic heterocycles. The summed E-state index contributed by atoms with van der Waals surface area (Å²) in [7, 11) is -3.82. The van der Waals surface area contributed by atoms with Gasteiger partial charge in [0.05, 0.1) is 0 Å². The van der Waals surface area contributed by atoms with Crippen LogP contribution in [0.25, 0.3) is 0 Å². The van der Waals surface area contributed by atoms with E-state index >= 15 is 0 Å². The summed E-state index contributed by atoms with van der Waals surface area (Å²) in [4.78, 5) is 12.4. The summed E-state index contributed by atoms with van der Waals surface area (Å²) in [6.45, 7) is 2.96. The van der Waals surface area contributed by atoms with Crippen LogP contribution in [0.2, 0.25) is 0 Å². The van der Waals surface area contributed by atoms with E-state index in [1.54, 1.807) is 30.3 Å². The van der Waals surface area contributed by atoms with E-state index < -0.39 is 10.0 Å². The predicted molar refractivity (Wildman–Crippen MR) is 95.1 cm³/mol. The van der Waals surface area contributed by atoms with Gasteiger partial charge >= 0.3 is 0 Å². The Morgan fingerprint density at radius 3 is 2.32 bits per heavy atom. The first kappa shape index (κ1) is 17.6. The molecule has 0 saturated carbocycles.